The highest BCUT2D eigenvalue weighted by Gasteiger charge is 2.17. The number of aromatic amines is 1. The van der Waals surface area contributed by atoms with Crippen LogP contribution >= 0.6 is 23.2 Å². The summed E-state index contributed by atoms with van der Waals surface area (Å²) >= 11 is 11.9. The highest BCUT2D eigenvalue weighted by atomic mass is 35.5. The van der Waals surface area contributed by atoms with E-state index in [1.807, 2.05) is 6.92 Å². The summed E-state index contributed by atoms with van der Waals surface area (Å²) in [6.45, 7) is 2.02. The topological polar surface area (TPSA) is 76.7 Å². The Labute approximate surface area is 120 Å². The number of halogens is 2. The van der Waals surface area contributed by atoms with Gasteiger partial charge in [-0.2, -0.15) is 5.10 Å². The van der Waals surface area contributed by atoms with E-state index in [4.69, 9.17) is 28.9 Å². The molecule has 0 spiro atoms. The number of H-pyrrole nitrogens is 1. The van der Waals surface area contributed by atoms with E-state index in [9.17, 15) is 4.79 Å². The van der Waals surface area contributed by atoms with Crippen molar-refractivity contribution in [2.24, 2.45) is 5.73 Å². The van der Waals surface area contributed by atoms with Gasteiger partial charge in [0.05, 0.1) is 11.7 Å². The molecule has 0 saturated carbocycles. The Hall–Kier alpha value is -1.30. The summed E-state index contributed by atoms with van der Waals surface area (Å²) in [5.74, 6) is 0.477. The van der Waals surface area contributed by atoms with Crippen LogP contribution in [0.5, 0.6) is 0 Å². The first kappa shape index (κ1) is 14.1. The Bertz CT molecular complexity index is 615. The lowest BCUT2D eigenvalue weighted by atomic mass is 10.1. The molecule has 7 heteroatoms. The second-order valence-corrected chi connectivity index (χ2v) is 5.12. The summed E-state index contributed by atoms with van der Waals surface area (Å²) in [7, 11) is 0. The number of nitrogens with one attached hydrogen (secondary N) is 1. The molecule has 19 heavy (non-hydrogen) atoms. The lowest BCUT2D eigenvalue weighted by Gasteiger charge is -2.12. The molecule has 2 rings (SSSR count). The van der Waals surface area contributed by atoms with Crippen molar-refractivity contribution in [1.82, 2.24) is 14.8 Å². The van der Waals surface area contributed by atoms with E-state index in [-0.39, 0.29) is 11.7 Å². The van der Waals surface area contributed by atoms with Gasteiger partial charge in [-0.3, -0.25) is 0 Å². The molecule has 1 unspecified atom stereocenters. The van der Waals surface area contributed by atoms with Crippen LogP contribution in [0.2, 0.25) is 10.0 Å². The molecule has 1 atom stereocenters. The van der Waals surface area contributed by atoms with Crippen molar-refractivity contribution in [1.29, 1.82) is 0 Å². The van der Waals surface area contributed by atoms with Crippen LogP contribution in [0, 0.1) is 0 Å². The number of hydrogen-bond donors (Lipinski definition) is 2. The molecule has 0 bridgehead atoms. The Morgan fingerprint density at radius 3 is 2.58 bits per heavy atom. The van der Waals surface area contributed by atoms with Crippen molar-refractivity contribution in [2.45, 2.75) is 25.8 Å². The van der Waals surface area contributed by atoms with E-state index in [0.717, 1.165) is 12.8 Å². The SMILES string of the molecule is CCCC(N)c1n[nH]c(=O)n1-c1cc(Cl)cc(Cl)c1. The van der Waals surface area contributed by atoms with E-state index in [1.165, 1.54) is 4.57 Å². The molecule has 1 aromatic carbocycles. The van der Waals surface area contributed by atoms with Gasteiger partial charge in [0, 0.05) is 10.0 Å². The smallest absolute Gasteiger partial charge is 0.321 e. The minimum Gasteiger partial charge on any atom is -0.321 e. The Morgan fingerprint density at radius 2 is 2.00 bits per heavy atom. The first-order valence-corrected chi connectivity index (χ1v) is 6.68. The maximum Gasteiger partial charge on any atom is 0.347 e. The third-order valence-corrected chi connectivity index (χ3v) is 3.17. The molecule has 0 radical (unpaired) electrons. The van der Waals surface area contributed by atoms with Crippen molar-refractivity contribution < 1.29 is 0 Å². The van der Waals surface area contributed by atoms with Crippen LogP contribution in [0.1, 0.15) is 31.6 Å². The van der Waals surface area contributed by atoms with Gasteiger partial charge in [-0.15, -0.1) is 0 Å². The van der Waals surface area contributed by atoms with Gasteiger partial charge in [-0.25, -0.2) is 14.5 Å². The van der Waals surface area contributed by atoms with Crippen molar-refractivity contribution in [2.75, 3.05) is 0 Å². The molecule has 0 fully saturated rings. The van der Waals surface area contributed by atoms with E-state index in [0.29, 0.717) is 21.6 Å². The molecular weight excluding hydrogens is 287 g/mol. The minimum absolute atomic E-state index is 0.318. The predicted molar refractivity (Wildman–Crippen MR) is 76.0 cm³/mol. The Balaban J connectivity index is 2.55. The molecule has 3 N–H and O–H groups in total. The molecule has 0 aliphatic carbocycles. The maximum atomic E-state index is 11.9. The van der Waals surface area contributed by atoms with Gasteiger partial charge in [-0.1, -0.05) is 36.5 Å². The molecule has 102 valence electrons. The number of rotatable bonds is 4. The molecular formula is C12H14Cl2N4O. The molecule has 0 aliphatic heterocycles. The van der Waals surface area contributed by atoms with Crippen LogP contribution in [-0.4, -0.2) is 14.8 Å². The van der Waals surface area contributed by atoms with Crippen molar-refractivity contribution >= 4 is 23.2 Å². The lowest BCUT2D eigenvalue weighted by molar-refractivity contribution is 0.589. The fourth-order valence-electron chi connectivity index (χ4n) is 1.92. The highest BCUT2D eigenvalue weighted by Crippen LogP contribution is 2.23. The van der Waals surface area contributed by atoms with E-state index < -0.39 is 0 Å². The second kappa shape index (κ2) is 5.77. The van der Waals surface area contributed by atoms with Crippen LogP contribution in [0.15, 0.2) is 23.0 Å². The van der Waals surface area contributed by atoms with Gasteiger partial charge in [0.2, 0.25) is 0 Å². The zero-order valence-corrected chi connectivity index (χ0v) is 11.9. The van der Waals surface area contributed by atoms with Gasteiger partial charge < -0.3 is 5.73 Å². The summed E-state index contributed by atoms with van der Waals surface area (Å²) in [6, 6.07) is 4.57. The summed E-state index contributed by atoms with van der Waals surface area (Å²) in [6.07, 6.45) is 1.64. The molecule has 0 amide bonds. The number of nitrogens with zero attached hydrogens (tertiary/aromatic N) is 2. The predicted octanol–water partition coefficient (Wildman–Crippen LogP) is 2.67. The number of nitrogens with two attached hydrogens (primary N) is 1. The van der Waals surface area contributed by atoms with Gasteiger partial charge >= 0.3 is 5.69 Å². The van der Waals surface area contributed by atoms with Crippen molar-refractivity contribution in [3.05, 3.63) is 44.6 Å². The van der Waals surface area contributed by atoms with Crippen molar-refractivity contribution in [3.63, 3.8) is 0 Å². The number of hydrogen-bond acceptors (Lipinski definition) is 3. The average Bonchev–Trinajstić information content (AvgIpc) is 2.70. The summed E-state index contributed by atoms with van der Waals surface area (Å²) < 4.78 is 1.40. The maximum absolute atomic E-state index is 11.9. The van der Waals surface area contributed by atoms with Crippen molar-refractivity contribution in [3.8, 4) is 5.69 Å². The van der Waals surface area contributed by atoms with Gasteiger partial charge in [0.25, 0.3) is 0 Å². The lowest BCUT2D eigenvalue weighted by Crippen LogP contribution is -2.22. The average molecular weight is 301 g/mol. The van der Waals surface area contributed by atoms with E-state index in [1.54, 1.807) is 18.2 Å². The summed E-state index contributed by atoms with van der Waals surface area (Å²) in [4.78, 5) is 11.9. The zero-order valence-electron chi connectivity index (χ0n) is 10.4. The second-order valence-electron chi connectivity index (χ2n) is 4.25. The van der Waals surface area contributed by atoms with Crippen LogP contribution < -0.4 is 11.4 Å². The Morgan fingerprint density at radius 1 is 1.37 bits per heavy atom. The number of aromatic nitrogens is 3. The Kier molecular flexibility index (Phi) is 4.29. The largest absolute Gasteiger partial charge is 0.347 e. The van der Waals surface area contributed by atoms with Gasteiger partial charge in [0.1, 0.15) is 0 Å². The fraction of sp³-hybridized carbons (Fsp3) is 0.333. The number of benzene rings is 1. The third kappa shape index (κ3) is 3.00. The van der Waals surface area contributed by atoms with E-state index >= 15 is 0 Å². The third-order valence-electron chi connectivity index (χ3n) is 2.74. The minimum atomic E-state index is -0.361. The molecule has 1 heterocycles. The monoisotopic (exact) mass is 300 g/mol. The normalized spacial score (nSPS) is 12.6. The van der Waals surface area contributed by atoms with E-state index in [2.05, 4.69) is 10.2 Å². The van der Waals surface area contributed by atoms with Crippen LogP contribution in [0.3, 0.4) is 0 Å². The summed E-state index contributed by atoms with van der Waals surface area (Å²) in [5, 5.41) is 7.29. The fourth-order valence-corrected chi connectivity index (χ4v) is 2.43. The molecule has 0 saturated heterocycles. The highest BCUT2D eigenvalue weighted by molar-refractivity contribution is 6.34. The van der Waals surface area contributed by atoms with Gasteiger partial charge in [-0.05, 0) is 24.6 Å². The summed E-state index contributed by atoms with van der Waals surface area (Å²) in [5.41, 5.74) is 6.22. The quantitative estimate of drug-likeness (QED) is 0.911. The standard InChI is InChI=1S/C12H14Cl2N4O/c1-2-3-10(15)11-16-17-12(19)18(11)9-5-7(13)4-8(14)6-9/h4-6,10H,2-3,15H2,1H3,(H,17,19). The first-order valence-electron chi connectivity index (χ1n) is 5.92. The molecule has 0 aliphatic rings. The first-order chi connectivity index (χ1) is 9.02. The molecule has 5 nitrogen and oxygen atoms in total. The molecule has 2 aromatic rings. The molecule has 1 aromatic heterocycles. The van der Waals surface area contributed by atoms with Crippen LogP contribution in [0.4, 0.5) is 0 Å². The van der Waals surface area contributed by atoms with Gasteiger partial charge in [0.15, 0.2) is 5.82 Å². The zero-order chi connectivity index (χ0) is 14.0. The van der Waals surface area contributed by atoms with Crippen LogP contribution in [-0.2, 0) is 0 Å². The van der Waals surface area contributed by atoms with Crippen LogP contribution in [0.25, 0.3) is 5.69 Å².